The van der Waals surface area contributed by atoms with Gasteiger partial charge in [-0.2, -0.15) is 13.2 Å². The molecule has 1 nitrogen and oxygen atoms in total. The maximum Gasteiger partial charge on any atom is 0.422 e. The van der Waals surface area contributed by atoms with Crippen molar-refractivity contribution in [2.45, 2.75) is 59.1 Å². The molecule has 0 fully saturated rings. The predicted octanol–water partition coefficient (Wildman–Crippen LogP) is 6.56. The van der Waals surface area contributed by atoms with Crippen LogP contribution in [-0.4, -0.2) is 13.1 Å². The zero-order chi connectivity index (χ0) is 19.2. The summed E-state index contributed by atoms with van der Waals surface area (Å²) in [5, 5.41) is 0. The topological polar surface area (TPSA) is 3.24 Å². The maximum absolute atomic E-state index is 14.3. The molecule has 1 aromatic carbocycles. The molecule has 1 rings (SSSR count). The van der Waals surface area contributed by atoms with E-state index in [0.717, 1.165) is 25.7 Å². The van der Waals surface area contributed by atoms with Crippen molar-refractivity contribution in [3.8, 4) is 0 Å². The molecule has 0 aliphatic heterocycles. The van der Waals surface area contributed by atoms with Crippen LogP contribution in [0.25, 0.3) is 0 Å². The van der Waals surface area contributed by atoms with E-state index in [9.17, 15) is 26.3 Å². The first-order chi connectivity index (χ1) is 11.7. The second kappa shape index (κ2) is 9.34. The number of halogens is 6. The van der Waals surface area contributed by atoms with Crippen molar-refractivity contribution in [2.75, 3.05) is 18.0 Å². The van der Waals surface area contributed by atoms with Gasteiger partial charge in [0.05, 0.1) is 5.69 Å². The van der Waals surface area contributed by atoms with E-state index in [2.05, 4.69) is 6.92 Å². The number of unbranched alkanes of at least 4 members (excludes halogenated alkanes) is 1. The Morgan fingerprint density at radius 3 is 2.12 bits per heavy atom. The molecule has 1 unspecified atom stereocenters. The van der Waals surface area contributed by atoms with Gasteiger partial charge in [-0.1, -0.05) is 39.5 Å². The molecule has 0 aliphatic carbocycles. The highest BCUT2D eigenvalue weighted by molar-refractivity contribution is 5.52. The van der Waals surface area contributed by atoms with Gasteiger partial charge in [0.15, 0.2) is 17.5 Å². The number of hydrogen-bond acceptors (Lipinski definition) is 1. The number of alkyl halides is 3. The molecular formula is C18H25F6N. The van der Waals surface area contributed by atoms with Gasteiger partial charge >= 0.3 is 6.18 Å². The molecule has 0 heterocycles. The van der Waals surface area contributed by atoms with Crippen molar-refractivity contribution in [3.05, 3.63) is 29.1 Å². The van der Waals surface area contributed by atoms with Crippen LogP contribution < -0.4 is 4.90 Å². The zero-order valence-corrected chi connectivity index (χ0v) is 14.8. The van der Waals surface area contributed by atoms with Crippen molar-refractivity contribution in [3.63, 3.8) is 0 Å². The van der Waals surface area contributed by atoms with Gasteiger partial charge in [0.2, 0.25) is 0 Å². The number of benzene rings is 1. The van der Waals surface area contributed by atoms with Crippen molar-refractivity contribution < 1.29 is 26.3 Å². The SMILES string of the molecule is CCCCC(CC)CCN(CC)c1cc(F)c(F)c(C(F)(F)F)c1F. The fourth-order valence-corrected chi connectivity index (χ4v) is 2.90. The van der Waals surface area contributed by atoms with Gasteiger partial charge in [-0.3, -0.25) is 0 Å². The first-order valence-corrected chi connectivity index (χ1v) is 8.66. The monoisotopic (exact) mass is 369 g/mol. The zero-order valence-electron chi connectivity index (χ0n) is 14.8. The fraction of sp³-hybridized carbons (Fsp3) is 0.667. The van der Waals surface area contributed by atoms with E-state index in [0.29, 0.717) is 18.4 Å². The smallest absolute Gasteiger partial charge is 0.369 e. The molecular weight excluding hydrogens is 344 g/mol. The lowest BCUT2D eigenvalue weighted by Gasteiger charge is -2.27. The number of nitrogens with zero attached hydrogens (tertiary/aromatic N) is 1. The van der Waals surface area contributed by atoms with Gasteiger partial charge in [-0.05, 0) is 19.3 Å². The normalized spacial score (nSPS) is 13.2. The summed E-state index contributed by atoms with van der Waals surface area (Å²) in [4.78, 5) is 1.34. The highest BCUT2D eigenvalue weighted by Gasteiger charge is 2.41. The van der Waals surface area contributed by atoms with Gasteiger partial charge in [0.25, 0.3) is 0 Å². The van der Waals surface area contributed by atoms with Gasteiger partial charge in [-0.15, -0.1) is 0 Å². The van der Waals surface area contributed by atoms with Crippen LogP contribution >= 0.6 is 0 Å². The largest absolute Gasteiger partial charge is 0.422 e. The Bertz CT molecular complexity index is 555. The van der Waals surface area contributed by atoms with Crippen LogP contribution in [0.2, 0.25) is 0 Å². The van der Waals surface area contributed by atoms with Crippen molar-refractivity contribution in [2.24, 2.45) is 5.92 Å². The van der Waals surface area contributed by atoms with Crippen LogP contribution in [0.3, 0.4) is 0 Å². The molecule has 0 N–H and O–H groups in total. The minimum atomic E-state index is -5.29. The molecule has 7 heteroatoms. The lowest BCUT2D eigenvalue weighted by Crippen LogP contribution is -2.28. The van der Waals surface area contributed by atoms with E-state index in [1.807, 2.05) is 6.92 Å². The molecule has 0 bridgehead atoms. The summed E-state index contributed by atoms with van der Waals surface area (Å²) < 4.78 is 80.0. The molecule has 0 radical (unpaired) electrons. The second-order valence-corrected chi connectivity index (χ2v) is 6.16. The third-order valence-electron chi connectivity index (χ3n) is 4.49. The average molecular weight is 369 g/mol. The summed E-state index contributed by atoms with van der Waals surface area (Å²) in [6.07, 6.45) is -0.658. The predicted molar refractivity (Wildman–Crippen MR) is 87.1 cm³/mol. The minimum absolute atomic E-state index is 0.198. The van der Waals surface area contributed by atoms with Crippen molar-refractivity contribution >= 4 is 5.69 Å². The molecule has 0 spiro atoms. The Kier molecular flexibility index (Phi) is 8.09. The highest BCUT2D eigenvalue weighted by atomic mass is 19.4. The standard InChI is InChI=1S/C18H25F6N/c1-4-7-8-12(5-2)9-10-25(6-3)14-11-13(19)16(20)15(17(14)21)18(22,23)24/h11-12H,4-10H2,1-3H3. The highest BCUT2D eigenvalue weighted by Crippen LogP contribution is 2.38. The summed E-state index contributed by atoms with van der Waals surface area (Å²) in [5.41, 5.74) is -2.71. The van der Waals surface area contributed by atoms with E-state index < -0.39 is 34.9 Å². The summed E-state index contributed by atoms with van der Waals surface area (Å²) in [5.74, 6) is -5.28. The first kappa shape index (κ1) is 21.6. The first-order valence-electron chi connectivity index (χ1n) is 8.66. The maximum atomic E-state index is 14.3. The summed E-state index contributed by atoms with van der Waals surface area (Å²) >= 11 is 0. The third-order valence-corrected chi connectivity index (χ3v) is 4.49. The van der Waals surface area contributed by atoms with Gasteiger partial charge < -0.3 is 4.90 Å². The molecule has 1 atom stereocenters. The van der Waals surface area contributed by atoms with Gasteiger partial charge in [0, 0.05) is 19.2 Å². The number of rotatable bonds is 9. The van der Waals surface area contributed by atoms with E-state index in [-0.39, 0.29) is 13.1 Å². The van der Waals surface area contributed by atoms with E-state index >= 15 is 0 Å². The Morgan fingerprint density at radius 1 is 1.00 bits per heavy atom. The summed E-state index contributed by atoms with van der Waals surface area (Å²) in [7, 11) is 0. The van der Waals surface area contributed by atoms with Crippen LogP contribution in [0.5, 0.6) is 0 Å². The second-order valence-electron chi connectivity index (χ2n) is 6.16. The Balaban J connectivity index is 3.09. The summed E-state index contributed by atoms with van der Waals surface area (Å²) in [6.45, 7) is 6.22. The molecule has 144 valence electrons. The Morgan fingerprint density at radius 2 is 1.64 bits per heavy atom. The Labute approximate surface area is 145 Å². The number of anilines is 1. The van der Waals surface area contributed by atoms with Crippen LogP contribution in [-0.2, 0) is 6.18 Å². The minimum Gasteiger partial charge on any atom is -0.369 e. The molecule has 0 saturated heterocycles. The fourth-order valence-electron chi connectivity index (χ4n) is 2.90. The van der Waals surface area contributed by atoms with Crippen molar-refractivity contribution in [1.29, 1.82) is 0 Å². The molecule has 0 aromatic heterocycles. The molecule has 25 heavy (non-hydrogen) atoms. The van der Waals surface area contributed by atoms with Crippen LogP contribution in [0.4, 0.5) is 32.0 Å². The van der Waals surface area contributed by atoms with Crippen molar-refractivity contribution in [1.82, 2.24) is 0 Å². The van der Waals surface area contributed by atoms with E-state index in [1.54, 1.807) is 6.92 Å². The van der Waals surface area contributed by atoms with E-state index in [4.69, 9.17) is 0 Å². The Hall–Kier alpha value is -1.40. The third kappa shape index (κ3) is 5.54. The van der Waals surface area contributed by atoms with E-state index in [1.165, 1.54) is 4.90 Å². The van der Waals surface area contributed by atoms with Gasteiger partial charge in [-0.25, -0.2) is 13.2 Å². The van der Waals surface area contributed by atoms with Gasteiger partial charge in [0.1, 0.15) is 5.56 Å². The number of hydrogen-bond donors (Lipinski definition) is 0. The quantitative estimate of drug-likeness (QED) is 0.352. The summed E-state index contributed by atoms with van der Waals surface area (Å²) in [6, 6.07) is 0.510. The average Bonchev–Trinajstić information content (AvgIpc) is 2.54. The molecule has 0 aliphatic rings. The molecule has 0 amide bonds. The van der Waals surface area contributed by atoms with Crippen LogP contribution in [0.1, 0.15) is 58.4 Å². The van der Waals surface area contributed by atoms with Crippen LogP contribution in [0, 0.1) is 23.4 Å². The molecule has 0 saturated carbocycles. The lowest BCUT2D eigenvalue weighted by atomic mass is 9.95. The molecule has 1 aromatic rings. The van der Waals surface area contributed by atoms with Crippen LogP contribution in [0.15, 0.2) is 6.07 Å². The lowest BCUT2D eigenvalue weighted by molar-refractivity contribution is -0.142.